The van der Waals surface area contributed by atoms with Gasteiger partial charge in [-0.1, -0.05) is 17.2 Å². The number of aryl methyl sites for hydroxylation is 2. The molecule has 20 heavy (non-hydrogen) atoms. The molecule has 1 aliphatic rings. The third-order valence-electron chi connectivity index (χ3n) is 4.03. The van der Waals surface area contributed by atoms with Crippen molar-refractivity contribution >= 4 is 11.9 Å². The van der Waals surface area contributed by atoms with Crippen LogP contribution in [-0.2, 0) is 4.79 Å². The number of amides is 1. The molecule has 0 aromatic heterocycles. The first-order chi connectivity index (χ1) is 9.40. The van der Waals surface area contributed by atoms with Crippen LogP contribution in [0.1, 0.15) is 41.3 Å². The predicted molar refractivity (Wildman–Crippen MR) is 76.8 cm³/mol. The maximum Gasteiger partial charge on any atom is 0.308 e. The molecule has 1 aliphatic heterocycles. The lowest BCUT2D eigenvalue weighted by Crippen LogP contribution is -2.49. The van der Waals surface area contributed by atoms with Gasteiger partial charge in [-0.15, -0.1) is 0 Å². The van der Waals surface area contributed by atoms with Gasteiger partial charge in [0.2, 0.25) is 0 Å². The standard InChI is InChI=1S/C16H21NO3/c1-10-7-11(2)9-13(8-10)15(18)17-6-4-5-14(12(17)3)16(19)20/h7-9,12,14H,4-6H2,1-3H3,(H,19,20)/t12-,14-/m1/s1. The summed E-state index contributed by atoms with van der Waals surface area (Å²) in [6.07, 6.45) is 1.39. The van der Waals surface area contributed by atoms with Crippen molar-refractivity contribution in [3.8, 4) is 0 Å². The molecule has 1 saturated heterocycles. The van der Waals surface area contributed by atoms with Crippen molar-refractivity contribution in [1.29, 1.82) is 0 Å². The highest BCUT2D eigenvalue weighted by Gasteiger charge is 2.35. The third kappa shape index (κ3) is 2.84. The van der Waals surface area contributed by atoms with Crippen molar-refractivity contribution in [1.82, 2.24) is 4.90 Å². The predicted octanol–water partition coefficient (Wildman–Crippen LogP) is 2.63. The number of hydrogen-bond acceptors (Lipinski definition) is 2. The van der Waals surface area contributed by atoms with E-state index in [4.69, 9.17) is 0 Å². The zero-order chi connectivity index (χ0) is 14.9. The van der Waals surface area contributed by atoms with Gasteiger partial charge in [-0.05, 0) is 45.7 Å². The second-order valence-electron chi connectivity index (χ2n) is 5.70. The van der Waals surface area contributed by atoms with E-state index in [9.17, 15) is 14.7 Å². The Morgan fingerprint density at radius 3 is 2.35 bits per heavy atom. The number of nitrogens with zero attached hydrogens (tertiary/aromatic N) is 1. The van der Waals surface area contributed by atoms with Crippen LogP contribution in [0, 0.1) is 19.8 Å². The van der Waals surface area contributed by atoms with Gasteiger partial charge in [-0.3, -0.25) is 9.59 Å². The van der Waals surface area contributed by atoms with Gasteiger partial charge < -0.3 is 10.0 Å². The molecule has 0 radical (unpaired) electrons. The number of carbonyl (C=O) groups is 2. The van der Waals surface area contributed by atoms with Gasteiger partial charge in [-0.25, -0.2) is 0 Å². The Labute approximate surface area is 119 Å². The third-order valence-corrected chi connectivity index (χ3v) is 4.03. The fourth-order valence-electron chi connectivity index (χ4n) is 3.02. The Bertz CT molecular complexity index is 518. The van der Waals surface area contributed by atoms with Crippen LogP contribution in [0.15, 0.2) is 18.2 Å². The molecule has 4 nitrogen and oxygen atoms in total. The number of carbonyl (C=O) groups excluding carboxylic acids is 1. The minimum absolute atomic E-state index is 0.0600. The second-order valence-corrected chi connectivity index (χ2v) is 5.70. The van der Waals surface area contributed by atoms with Crippen molar-refractivity contribution in [3.63, 3.8) is 0 Å². The van der Waals surface area contributed by atoms with Crippen LogP contribution in [0.5, 0.6) is 0 Å². The van der Waals surface area contributed by atoms with Gasteiger partial charge in [-0.2, -0.15) is 0 Å². The molecule has 1 amide bonds. The smallest absolute Gasteiger partial charge is 0.308 e. The zero-order valence-electron chi connectivity index (χ0n) is 12.2. The highest BCUT2D eigenvalue weighted by Crippen LogP contribution is 2.25. The highest BCUT2D eigenvalue weighted by molar-refractivity contribution is 5.95. The summed E-state index contributed by atoms with van der Waals surface area (Å²) in [5.74, 6) is -1.33. The molecule has 1 aromatic carbocycles. The van der Waals surface area contributed by atoms with Crippen molar-refractivity contribution in [2.75, 3.05) is 6.54 Å². The Balaban J connectivity index is 2.25. The number of carboxylic acid groups (broad SMARTS) is 1. The van der Waals surface area contributed by atoms with Gasteiger partial charge in [0, 0.05) is 18.2 Å². The number of aliphatic carboxylic acids is 1. The largest absolute Gasteiger partial charge is 0.481 e. The van der Waals surface area contributed by atoms with E-state index in [1.54, 1.807) is 4.90 Å². The molecular weight excluding hydrogens is 254 g/mol. The van der Waals surface area contributed by atoms with E-state index in [2.05, 4.69) is 0 Å². The Hall–Kier alpha value is -1.84. The number of carboxylic acids is 1. The molecule has 4 heteroatoms. The lowest BCUT2D eigenvalue weighted by molar-refractivity contribution is -0.144. The highest BCUT2D eigenvalue weighted by atomic mass is 16.4. The van der Waals surface area contributed by atoms with Gasteiger partial charge in [0.05, 0.1) is 5.92 Å². The molecule has 1 heterocycles. The van der Waals surface area contributed by atoms with Crippen LogP contribution in [0.4, 0.5) is 0 Å². The molecule has 0 bridgehead atoms. The molecule has 0 aliphatic carbocycles. The maximum atomic E-state index is 12.6. The average molecular weight is 275 g/mol. The Morgan fingerprint density at radius 1 is 1.20 bits per heavy atom. The van der Waals surface area contributed by atoms with Crippen molar-refractivity contribution in [3.05, 3.63) is 34.9 Å². The summed E-state index contributed by atoms with van der Waals surface area (Å²) in [6, 6.07) is 5.50. The first kappa shape index (κ1) is 14.6. The number of piperidine rings is 1. The van der Waals surface area contributed by atoms with Gasteiger partial charge in [0.1, 0.15) is 0 Å². The van der Waals surface area contributed by atoms with E-state index in [-0.39, 0.29) is 11.9 Å². The van der Waals surface area contributed by atoms with Crippen molar-refractivity contribution < 1.29 is 14.7 Å². The van der Waals surface area contributed by atoms with E-state index >= 15 is 0 Å². The first-order valence-electron chi connectivity index (χ1n) is 7.02. The Kier molecular flexibility index (Phi) is 4.12. The van der Waals surface area contributed by atoms with Crippen LogP contribution in [-0.4, -0.2) is 34.5 Å². The summed E-state index contributed by atoms with van der Waals surface area (Å²) in [5, 5.41) is 9.23. The minimum atomic E-state index is -0.810. The van der Waals surface area contributed by atoms with E-state index in [1.165, 1.54) is 0 Å². The summed E-state index contributed by atoms with van der Waals surface area (Å²) in [4.78, 5) is 25.6. The summed E-state index contributed by atoms with van der Waals surface area (Å²) >= 11 is 0. The van der Waals surface area contributed by atoms with Crippen LogP contribution in [0.2, 0.25) is 0 Å². The van der Waals surface area contributed by atoms with Crippen LogP contribution in [0.3, 0.4) is 0 Å². The van der Waals surface area contributed by atoms with Crippen molar-refractivity contribution in [2.24, 2.45) is 5.92 Å². The zero-order valence-corrected chi connectivity index (χ0v) is 12.2. The maximum absolute atomic E-state index is 12.6. The quantitative estimate of drug-likeness (QED) is 0.902. The SMILES string of the molecule is Cc1cc(C)cc(C(=O)N2CCC[C@@H](C(=O)O)[C@H]2C)c1. The summed E-state index contributed by atoms with van der Waals surface area (Å²) in [6.45, 7) is 6.39. The van der Waals surface area contributed by atoms with Gasteiger partial charge in [0.25, 0.3) is 5.91 Å². The average Bonchev–Trinajstić information content (AvgIpc) is 2.36. The lowest BCUT2D eigenvalue weighted by atomic mass is 9.89. The summed E-state index contributed by atoms with van der Waals surface area (Å²) in [7, 11) is 0. The minimum Gasteiger partial charge on any atom is -0.481 e. The molecule has 1 fully saturated rings. The Morgan fingerprint density at radius 2 is 1.80 bits per heavy atom. The molecule has 2 rings (SSSR count). The van der Waals surface area contributed by atoms with E-state index < -0.39 is 11.9 Å². The van der Waals surface area contributed by atoms with Gasteiger partial charge >= 0.3 is 5.97 Å². The van der Waals surface area contributed by atoms with Crippen molar-refractivity contribution in [2.45, 2.75) is 39.7 Å². The first-order valence-corrected chi connectivity index (χ1v) is 7.02. The second kappa shape index (κ2) is 5.65. The van der Waals surface area contributed by atoms with Crippen LogP contribution >= 0.6 is 0 Å². The van der Waals surface area contributed by atoms with Gasteiger partial charge in [0.15, 0.2) is 0 Å². The topological polar surface area (TPSA) is 57.6 Å². The number of hydrogen-bond donors (Lipinski definition) is 1. The van der Waals surface area contributed by atoms with E-state index in [1.807, 2.05) is 39.0 Å². The molecule has 1 N–H and O–H groups in total. The molecule has 0 spiro atoms. The molecule has 108 valence electrons. The van der Waals surface area contributed by atoms with Crippen LogP contribution in [0.25, 0.3) is 0 Å². The van der Waals surface area contributed by atoms with E-state index in [0.717, 1.165) is 17.5 Å². The van der Waals surface area contributed by atoms with Crippen LogP contribution < -0.4 is 0 Å². The number of likely N-dealkylation sites (tertiary alicyclic amines) is 1. The molecule has 2 atom stereocenters. The molecular formula is C16H21NO3. The summed E-state index contributed by atoms with van der Waals surface area (Å²) in [5.41, 5.74) is 2.75. The number of rotatable bonds is 2. The monoisotopic (exact) mass is 275 g/mol. The fraction of sp³-hybridized carbons (Fsp3) is 0.500. The summed E-state index contributed by atoms with van der Waals surface area (Å²) < 4.78 is 0. The molecule has 1 aromatic rings. The lowest BCUT2D eigenvalue weighted by Gasteiger charge is -2.37. The normalized spacial score (nSPS) is 22.6. The molecule has 0 unspecified atom stereocenters. The number of benzene rings is 1. The fourth-order valence-corrected chi connectivity index (χ4v) is 3.02. The molecule has 0 saturated carbocycles. The van der Waals surface area contributed by atoms with E-state index in [0.29, 0.717) is 18.5 Å².